The SMILES string of the molecule is CNC(=O)c1cccc2cc(O/C(=C/C=N)c3[nH]cc(C(=O)N4C[C@@H](O)[C@@H]4C)c3C)ccc12. The summed E-state index contributed by atoms with van der Waals surface area (Å²) < 4.78 is 6.10. The molecule has 170 valence electrons. The van der Waals surface area contributed by atoms with Gasteiger partial charge in [0.25, 0.3) is 11.8 Å². The lowest BCUT2D eigenvalue weighted by molar-refractivity contribution is -0.0357. The van der Waals surface area contributed by atoms with Crippen molar-refractivity contribution < 1.29 is 19.4 Å². The number of aromatic amines is 1. The molecule has 2 heterocycles. The van der Waals surface area contributed by atoms with Crippen LogP contribution in [0.3, 0.4) is 0 Å². The van der Waals surface area contributed by atoms with Crippen molar-refractivity contribution in [3.63, 3.8) is 0 Å². The number of amides is 2. The minimum Gasteiger partial charge on any atom is -0.455 e. The first kappa shape index (κ1) is 22.3. The average Bonchev–Trinajstić information content (AvgIpc) is 3.21. The monoisotopic (exact) mass is 446 g/mol. The van der Waals surface area contributed by atoms with Gasteiger partial charge >= 0.3 is 0 Å². The number of hydrogen-bond donors (Lipinski definition) is 4. The van der Waals surface area contributed by atoms with Gasteiger partial charge in [-0.2, -0.15) is 0 Å². The number of allylic oxidation sites excluding steroid dienone is 1. The van der Waals surface area contributed by atoms with Crippen LogP contribution in [0, 0.1) is 12.3 Å². The van der Waals surface area contributed by atoms with Crippen LogP contribution in [0.5, 0.6) is 5.75 Å². The van der Waals surface area contributed by atoms with Crippen LogP contribution in [0.4, 0.5) is 0 Å². The highest BCUT2D eigenvalue weighted by atomic mass is 16.5. The van der Waals surface area contributed by atoms with Crippen molar-refractivity contribution in [2.75, 3.05) is 13.6 Å². The molecule has 1 fully saturated rings. The molecule has 8 heteroatoms. The fourth-order valence-corrected chi connectivity index (χ4v) is 4.02. The molecule has 0 radical (unpaired) electrons. The number of carbonyl (C=O) groups is 2. The standard InChI is InChI=1S/C25H26N4O4/c1-14-20(25(32)29-13-21(30)15(29)2)12-28-23(14)22(9-10-26)33-17-7-8-18-16(11-17)5-4-6-19(18)24(31)27-3/h4-12,15,21,26,28,30H,13H2,1-3H3,(H,27,31)/b22-9+,26-10?/t15-,21+/m0/s1. The zero-order valence-corrected chi connectivity index (χ0v) is 18.7. The summed E-state index contributed by atoms with van der Waals surface area (Å²) in [6.45, 7) is 3.94. The summed E-state index contributed by atoms with van der Waals surface area (Å²) in [5, 5.41) is 21.6. The number of nitrogens with zero attached hydrogens (tertiary/aromatic N) is 1. The maximum absolute atomic E-state index is 12.9. The fraction of sp³-hybridized carbons (Fsp3) is 0.240. The summed E-state index contributed by atoms with van der Waals surface area (Å²) >= 11 is 0. The Morgan fingerprint density at radius 2 is 2.06 bits per heavy atom. The van der Waals surface area contributed by atoms with Crippen LogP contribution in [0.25, 0.3) is 16.5 Å². The van der Waals surface area contributed by atoms with Crippen LogP contribution < -0.4 is 10.1 Å². The molecule has 2 amide bonds. The van der Waals surface area contributed by atoms with Crippen LogP contribution in [0.1, 0.15) is 38.9 Å². The van der Waals surface area contributed by atoms with Crippen molar-refractivity contribution in [3.8, 4) is 5.75 Å². The number of likely N-dealkylation sites (tertiary alicyclic amines) is 1. The van der Waals surface area contributed by atoms with Gasteiger partial charge in [0.2, 0.25) is 0 Å². The number of benzene rings is 2. The molecule has 2 atom stereocenters. The molecule has 0 unspecified atom stereocenters. The van der Waals surface area contributed by atoms with E-state index in [1.165, 1.54) is 6.08 Å². The second-order valence-electron chi connectivity index (χ2n) is 8.04. The van der Waals surface area contributed by atoms with Crippen molar-refractivity contribution in [3.05, 3.63) is 71.1 Å². The first-order chi connectivity index (χ1) is 15.8. The van der Waals surface area contributed by atoms with Gasteiger partial charge in [-0.25, -0.2) is 0 Å². The Bertz CT molecular complexity index is 1280. The molecule has 0 spiro atoms. The first-order valence-electron chi connectivity index (χ1n) is 10.7. The molecule has 33 heavy (non-hydrogen) atoms. The molecule has 0 saturated carbocycles. The van der Waals surface area contributed by atoms with Crippen LogP contribution >= 0.6 is 0 Å². The second kappa shape index (κ2) is 8.91. The van der Waals surface area contributed by atoms with E-state index < -0.39 is 6.10 Å². The minimum absolute atomic E-state index is 0.158. The number of aliphatic hydroxyl groups excluding tert-OH is 1. The average molecular weight is 447 g/mol. The highest BCUT2D eigenvalue weighted by Crippen LogP contribution is 2.30. The molecule has 0 aliphatic carbocycles. The molecular formula is C25H26N4O4. The molecule has 4 N–H and O–H groups in total. The van der Waals surface area contributed by atoms with Crippen LogP contribution in [0.15, 0.2) is 48.7 Å². The third kappa shape index (κ3) is 4.01. The topological polar surface area (TPSA) is 119 Å². The number of hydrogen-bond acceptors (Lipinski definition) is 5. The van der Waals surface area contributed by atoms with E-state index in [-0.39, 0.29) is 17.9 Å². The van der Waals surface area contributed by atoms with Crippen molar-refractivity contribution in [2.45, 2.75) is 26.0 Å². The second-order valence-corrected chi connectivity index (χ2v) is 8.04. The number of aliphatic hydroxyl groups is 1. The Morgan fingerprint density at radius 1 is 1.27 bits per heavy atom. The number of carbonyl (C=O) groups excluding carboxylic acids is 2. The third-order valence-corrected chi connectivity index (χ3v) is 6.10. The highest BCUT2D eigenvalue weighted by Gasteiger charge is 2.38. The summed E-state index contributed by atoms with van der Waals surface area (Å²) in [6.07, 6.45) is 3.76. The predicted molar refractivity (Wildman–Crippen MR) is 127 cm³/mol. The van der Waals surface area contributed by atoms with Gasteiger partial charge in [0.15, 0.2) is 5.76 Å². The van der Waals surface area contributed by atoms with Crippen molar-refractivity contribution >= 4 is 34.6 Å². The molecule has 8 nitrogen and oxygen atoms in total. The summed E-state index contributed by atoms with van der Waals surface area (Å²) in [5.74, 6) is 0.599. The Hall–Kier alpha value is -3.91. The number of aromatic nitrogens is 1. The van der Waals surface area contributed by atoms with E-state index in [1.807, 2.05) is 38.1 Å². The number of fused-ring (bicyclic) bond motifs is 1. The van der Waals surface area contributed by atoms with E-state index in [0.29, 0.717) is 40.4 Å². The molecule has 2 aromatic carbocycles. The van der Waals surface area contributed by atoms with Gasteiger partial charge in [0.05, 0.1) is 23.4 Å². The normalized spacial score (nSPS) is 18.1. The van der Waals surface area contributed by atoms with Crippen molar-refractivity contribution in [1.29, 1.82) is 5.41 Å². The highest BCUT2D eigenvalue weighted by molar-refractivity contribution is 6.07. The van der Waals surface area contributed by atoms with Gasteiger partial charge in [-0.3, -0.25) is 9.59 Å². The molecule has 1 aromatic heterocycles. The fourth-order valence-electron chi connectivity index (χ4n) is 4.02. The molecule has 3 aromatic rings. The van der Waals surface area contributed by atoms with Crippen molar-refractivity contribution in [1.82, 2.24) is 15.2 Å². The van der Waals surface area contributed by atoms with E-state index in [0.717, 1.165) is 17.0 Å². The van der Waals surface area contributed by atoms with Gasteiger partial charge in [-0.1, -0.05) is 12.1 Å². The molecular weight excluding hydrogens is 420 g/mol. The van der Waals surface area contributed by atoms with Gasteiger partial charge in [-0.15, -0.1) is 0 Å². The molecule has 1 aliphatic rings. The Labute approximate surface area is 191 Å². The summed E-state index contributed by atoms with van der Waals surface area (Å²) in [6, 6.07) is 10.7. The smallest absolute Gasteiger partial charge is 0.256 e. The zero-order chi connectivity index (χ0) is 23.7. The minimum atomic E-state index is -0.499. The quantitative estimate of drug-likeness (QED) is 0.344. The van der Waals surface area contributed by atoms with Gasteiger partial charge in [0, 0.05) is 37.6 Å². The number of ether oxygens (including phenoxy) is 1. The number of H-pyrrole nitrogens is 1. The van der Waals surface area contributed by atoms with Gasteiger partial charge in [0.1, 0.15) is 5.75 Å². The Morgan fingerprint density at radius 3 is 2.73 bits per heavy atom. The maximum atomic E-state index is 12.9. The number of rotatable bonds is 6. The lowest BCUT2D eigenvalue weighted by atomic mass is 9.99. The lowest BCUT2D eigenvalue weighted by Gasteiger charge is -2.43. The summed E-state index contributed by atoms with van der Waals surface area (Å²) in [5.41, 5.74) is 2.36. The van der Waals surface area contributed by atoms with E-state index >= 15 is 0 Å². The van der Waals surface area contributed by atoms with Gasteiger partial charge < -0.3 is 30.5 Å². The number of β-amino-alcohol motifs (C(OH)–C–C–N with tert-alkyl or cyclic N) is 1. The number of nitrogens with one attached hydrogen (secondary N) is 3. The van der Waals surface area contributed by atoms with E-state index in [1.54, 1.807) is 30.3 Å². The van der Waals surface area contributed by atoms with E-state index in [9.17, 15) is 14.7 Å². The molecule has 4 rings (SSSR count). The van der Waals surface area contributed by atoms with Crippen LogP contribution in [-0.2, 0) is 0 Å². The summed E-state index contributed by atoms with van der Waals surface area (Å²) in [4.78, 5) is 29.7. The van der Waals surface area contributed by atoms with Crippen LogP contribution in [0.2, 0.25) is 0 Å². The van der Waals surface area contributed by atoms with Crippen LogP contribution in [-0.4, -0.2) is 58.8 Å². The Balaban J connectivity index is 1.63. The molecule has 1 aliphatic heterocycles. The first-order valence-corrected chi connectivity index (χ1v) is 10.7. The zero-order valence-electron chi connectivity index (χ0n) is 18.7. The van der Waals surface area contributed by atoms with E-state index in [4.69, 9.17) is 10.1 Å². The largest absolute Gasteiger partial charge is 0.455 e. The van der Waals surface area contributed by atoms with Crippen molar-refractivity contribution in [2.24, 2.45) is 0 Å². The van der Waals surface area contributed by atoms with Gasteiger partial charge in [-0.05, 0) is 54.4 Å². The maximum Gasteiger partial charge on any atom is 0.256 e. The third-order valence-electron chi connectivity index (χ3n) is 6.10. The summed E-state index contributed by atoms with van der Waals surface area (Å²) in [7, 11) is 1.59. The van der Waals surface area contributed by atoms with E-state index in [2.05, 4.69) is 10.3 Å². The Kier molecular flexibility index (Phi) is 6.02. The molecule has 1 saturated heterocycles. The molecule has 0 bridgehead atoms. The predicted octanol–water partition coefficient (Wildman–Crippen LogP) is 3.11. The lowest BCUT2D eigenvalue weighted by Crippen LogP contribution is -2.60.